The summed E-state index contributed by atoms with van der Waals surface area (Å²) in [5.74, 6) is -0.853. The third-order valence-corrected chi connectivity index (χ3v) is 6.78. The summed E-state index contributed by atoms with van der Waals surface area (Å²) >= 11 is 11.5. The average molecular weight is 645 g/mol. The maximum atomic E-state index is 12.9. The minimum Gasteiger partial charge on any atom is -0.857 e. The number of halogens is 2. The topological polar surface area (TPSA) is 228 Å². The molecular formula is C19H12Cl2N8Na2O7S2. The number of nitrogens with zero attached hydrogens (tertiary/aromatic N) is 7. The molecule has 0 saturated heterocycles. The molecule has 2 aromatic heterocycles. The number of rotatable bonds is 7. The predicted molar refractivity (Wildman–Crippen MR) is 129 cm³/mol. The first kappa shape index (κ1) is 34.5. The molecule has 0 aliphatic carbocycles. The van der Waals surface area contributed by atoms with Crippen molar-refractivity contribution >= 4 is 66.4 Å². The zero-order chi connectivity index (χ0) is 27.8. The second-order valence-corrected chi connectivity index (χ2v) is 10.7. The molecule has 2 aromatic carbocycles. The van der Waals surface area contributed by atoms with E-state index in [0.717, 1.165) is 22.9 Å². The van der Waals surface area contributed by atoms with Crippen molar-refractivity contribution in [3.05, 3.63) is 58.7 Å². The van der Waals surface area contributed by atoms with Gasteiger partial charge in [-0.2, -0.15) is 28.5 Å². The Kier molecular flexibility index (Phi) is 11.6. The van der Waals surface area contributed by atoms with E-state index in [4.69, 9.17) is 23.2 Å². The molecule has 40 heavy (non-hydrogen) atoms. The number of aryl methyl sites for hydroxylation is 1. The fourth-order valence-electron chi connectivity index (χ4n) is 3.05. The summed E-state index contributed by atoms with van der Waals surface area (Å²) < 4.78 is 67.6. The molecule has 21 heteroatoms. The first-order valence-electron chi connectivity index (χ1n) is 9.93. The molecule has 15 nitrogen and oxygen atoms in total. The van der Waals surface area contributed by atoms with Crippen LogP contribution in [0.25, 0.3) is 5.69 Å². The van der Waals surface area contributed by atoms with Crippen LogP contribution >= 0.6 is 23.2 Å². The normalized spacial score (nSPS) is 11.6. The van der Waals surface area contributed by atoms with Gasteiger partial charge in [0.25, 0.3) is 10.1 Å². The molecular weight excluding hydrogens is 633 g/mol. The zero-order valence-electron chi connectivity index (χ0n) is 20.6. The zero-order valence-corrected chi connectivity index (χ0v) is 27.8. The Hall–Kier alpha value is -1.74. The summed E-state index contributed by atoms with van der Waals surface area (Å²) in [7, 11) is -9.44. The monoisotopic (exact) mass is 644 g/mol. The van der Waals surface area contributed by atoms with Crippen LogP contribution in [-0.2, 0) is 20.2 Å². The van der Waals surface area contributed by atoms with Crippen LogP contribution < -0.4 is 69.5 Å². The van der Waals surface area contributed by atoms with E-state index in [1.54, 1.807) is 0 Å². The summed E-state index contributed by atoms with van der Waals surface area (Å²) in [5.41, 5.74) is -0.225. The van der Waals surface area contributed by atoms with Gasteiger partial charge in [-0.05, 0) is 72.6 Å². The number of hydrogen-bond donors (Lipinski definition) is 2. The quantitative estimate of drug-likeness (QED) is 0.117. The van der Waals surface area contributed by atoms with Crippen molar-refractivity contribution in [2.75, 3.05) is 5.32 Å². The van der Waals surface area contributed by atoms with Gasteiger partial charge in [-0.1, -0.05) is 0 Å². The molecule has 198 valence electrons. The van der Waals surface area contributed by atoms with E-state index < -0.39 is 35.9 Å². The smallest absolute Gasteiger partial charge is 0.857 e. The van der Waals surface area contributed by atoms with Crippen LogP contribution in [-0.4, -0.2) is 50.7 Å². The van der Waals surface area contributed by atoms with Gasteiger partial charge in [0.1, 0.15) is 26.4 Å². The Morgan fingerprint density at radius 3 is 2.10 bits per heavy atom. The molecule has 4 rings (SSSR count). The van der Waals surface area contributed by atoms with Crippen molar-refractivity contribution in [1.82, 2.24) is 24.7 Å². The second-order valence-electron chi connectivity index (χ2n) is 7.28. The van der Waals surface area contributed by atoms with Crippen molar-refractivity contribution in [2.45, 2.75) is 16.7 Å². The third-order valence-electron chi connectivity index (χ3n) is 4.69. The second kappa shape index (κ2) is 13.5. The van der Waals surface area contributed by atoms with Gasteiger partial charge in [0.2, 0.25) is 16.5 Å². The van der Waals surface area contributed by atoms with Crippen LogP contribution in [0.1, 0.15) is 5.69 Å². The van der Waals surface area contributed by atoms with E-state index in [2.05, 4.69) is 35.6 Å². The Labute approximate surface area is 281 Å². The van der Waals surface area contributed by atoms with Gasteiger partial charge in [-0.3, -0.25) is 4.55 Å². The van der Waals surface area contributed by atoms with Gasteiger partial charge < -0.3 is 15.0 Å². The van der Waals surface area contributed by atoms with Crippen LogP contribution in [0.4, 0.5) is 23.0 Å². The molecule has 0 atom stereocenters. The molecule has 0 aliphatic rings. The van der Waals surface area contributed by atoms with E-state index in [1.807, 2.05) is 0 Å². The standard InChI is InChI=1S/C19H14Cl2N8O7S2.2Na/c1-9-15(16(30)29(28-9)11-3-5-12(6-4-11)37(31,32)33)27-26-13-8-10(2-7-14(13)38(34,35)36)22-19-24-17(20)23-18(21)25-19;;/h2-8,30H,1H3,(H,31,32,33)(H,34,35,36)(H,22,23,24,25);;/q;2*+1/p-2. The Morgan fingerprint density at radius 2 is 1.55 bits per heavy atom. The van der Waals surface area contributed by atoms with E-state index in [-0.39, 0.29) is 104 Å². The number of anilines is 2. The van der Waals surface area contributed by atoms with E-state index in [0.29, 0.717) is 0 Å². The van der Waals surface area contributed by atoms with Crippen LogP contribution in [0.3, 0.4) is 0 Å². The summed E-state index contributed by atoms with van der Waals surface area (Å²) in [5, 5.41) is 26.9. The van der Waals surface area contributed by atoms with E-state index in [9.17, 15) is 31.0 Å². The maximum Gasteiger partial charge on any atom is 1.00 e. The molecule has 0 bridgehead atoms. The van der Waals surface area contributed by atoms with Gasteiger partial charge in [0.05, 0.1) is 16.3 Å². The van der Waals surface area contributed by atoms with E-state index >= 15 is 0 Å². The first-order chi connectivity index (χ1) is 17.7. The van der Waals surface area contributed by atoms with Crippen LogP contribution in [0.5, 0.6) is 5.88 Å². The fourth-order valence-corrected chi connectivity index (χ4v) is 4.49. The van der Waals surface area contributed by atoms with Crippen molar-refractivity contribution in [3.63, 3.8) is 0 Å². The Morgan fingerprint density at radius 1 is 0.950 bits per heavy atom. The molecule has 0 radical (unpaired) electrons. The van der Waals surface area contributed by atoms with Gasteiger partial charge >= 0.3 is 59.1 Å². The largest absolute Gasteiger partial charge is 1.00 e. The minimum atomic E-state index is -4.75. The van der Waals surface area contributed by atoms with Crippen molar-refractivity contribution in [2.24, 2.45) is 10.2 Å². The molecule has 2 heterocycles. The first-order valence-corrected chi connectivity index (χ1v) is 13.5. The number of aromatic nitrogens is 5. The molecule has 0 amide bonds. The molecule has 0 spiro atoms. The third kappa shape index (κ3) is 8.17. The molecule has 4 aromatic rings. The van der Waals surface area contributed by atoms with Crippen molar-refractivity contribution in [3.8, 4) is 11.6 Å². The number of hydrogen-bond acceptors (Lipinski definition) is 13. The van der Waals surface area contributed by atoms with Crippen LogP contribution in [0.2, 0.25) is 10.6 Å². The van der Waals surface area contributed by atoms with Crippen molar-refractivity contribution in [1.29, 1.82) is 0 Å². The number of nitrogens with one attached hydrogen (secondary N) is 1. The van der Waals surface area contributed by atoms with Gasteiger partial charge in [-0.15, -0.1) is 10.2 Å². The Balaban J connectivity index is 0.00000280. The molecule has 0 aliphatic heterocycles. The summed E-state index contributed by atoms with van der Waals surface area (Å²) in [6.45, 7) is 1.43. The molecule has 0 unspecified atom stereocenters. The molecule has 2 N–H and O–H groups in total. The molecule has 0 saturated carbocycles. The van der Waals surface area contributed by atoms with Crippen LogP contribution in [0.15, 0.2) is 62.5 Å². The summed E-state index contributed by atoms with van der Waals surface area (Å²) in [6.07, 6.45) is 0. The minimum absolute atomic E-state index is 0. The van der Waals surface area contributed by atoms with Crippen LogP contribution in [0, 0.1) is 6.92 Å². The fraction of sp³-hybridized carbons (Fsp3) is 0.0526. The number of azo groups is 1. The van der Waals surface area contributed by atoms with Gasteiger partial charge in [0, 0.05) is 11.6 Å². The molecule has 0 fully saturated rings. The summed E-state index contributed by atoms with van der Waals surface area (Å²) in [6, 6.07) is 7.89. The Bertz CT molecular complexity index is 1790. The predicted octanol–water partition coefficient (Wildman–Crippen LogP) is -2.94. The maximum absolute atomic E-state index is 12.9. The van der Waals surface area contributed by atoms with Gasteiger partial charge in [-0.25, -0.2) is 13.1 Å². The SMILES string of the molecule is Cc1nn(-c2ccc(S(=O)(=O)[O-])cc2)c([O-])c1N=Nc1cc(Nc2nc(Cl)nc(Cl)n2)ccc1S(=O)(=O)O.[Na+].[Na+]. The van der Waals surface area contributed by atoms with E-state index in [1.165, 1.54) is 31.2 Å². The van der Waals surface area contributed by atoms with Crippen molar-refractivity contribution < 1.29 is 90.2 Å². The number of benzene rings is 2. The van der Waals surface area contributed by atoms with Gasteiger partial charge in [0.15, 0.2) is 0 Å². The average Bonchev–Trinajstić information content (AvgIpc) is 3.09. The summed E-state index contributed by atoms with van der Waals surface area (Å²) in [4.78, 5) is 10.1.